The molecule has 1 fully saturated rings. The summed E-state index contributed by atoms with van der Waals surface area (Å²) >= 11 is 1.97. The summed E-state index contributed by atoms with van der Waals surface area (Å²) in [6, 6.07) is 20.5. The van der Waals surface area contributed by atoms with Crippen molar-refractivity contribution in [3.8, 4) is 34.0 Å². The number of hydrogen-bond donors (Lipinski definition) is 2. The number of hydrogen-bond acceptors (Lipinski definition) is 15. The summed E-state index contributed by atoms with van der Waals surface area (Å²) in [5.74, 6) is -1.79. The first-order chi connectivity index (χ1) is 29.6. The van der Waals surface area contributed by atoms with Gasteiger partial charge in [0.05, 0.1) is 63.6 Å². The Bertz CT molecular complexity index is 2330. The number of carboxylic acids is 2. The fraction of sp³-hybridized carbons (Fsp3) is 0.279. The van der Waals surface area contributed by atoms with Crippen molar-refractivity contribution >= 4 is 46.3 Å². The summed E-state index contributed by atoms with van der Waals surface area (Å²) in [4.78, 5) is 69.3. The van der Waals surface area contributed by atoms with Gasteiger partial charge in [-0.05, 0) is 72.8 Å². The van der Waals surface area contributed by atoms with Crippen LogP contribution in [-0.4, -0.2) is 110 Å². The first-order valence-corrected chi connectivity index (χ1v) is 21.0. The molecule has 1 aliphatic rings. The Labute approximate surface area is 363 Å². The summed E-state index contributed by atoms with van der Waals surface area (Å²) in [5, 5.41) is 29.7. The van der Waals surface area contributed by atoms with Crippen molar-refractivity contribution in [3.63, 3.8) is 0 Å². The maximum atomic E-state index is 13.4. The molecule has 1 aliphatic heterocycles. The first-order valence-electron chi connectivity index (χ1n) is 19.5. The molecule has 0 bridgehead atoms. The van der Waals surface area contributed by atoms with Crippen LogP contribution < -0.4 is 20.8 Å². The molecular formula is C43H41IN8O9-2. The van der Waals surface area contributed by atoms with Gasteiger partial charge in [0.25, 0.3) is 5.91 Å². The molecule has 6 aromatic rings. The third-order valence-electron chi connectivity index (χ3n) is 9.91. The molecule has 0 aromatic carbocycles. The summed E-state index contributed by atoms with van der Waals surface area (Å²) in [6.45, 7) is 4.75. The highest BCUT2D eigenvalue weighted by Crippen LogP contribution is 2.25. The van der Waals surface area contributed by atoms with Crippen LogP contribution in [0.4, 0.5) is 0 Å². The molecule has 0 spiro atoms. The smallest absolute Gasteiger partial charge is 0.269 e. The number of nitrogens with one attached hydrogen (secondary N) is 2. The maximum Gasteiger partial charge on any atom is 0.269 e. The molecule has 1 saturated heterocycles. The third-order valence-corrected chi connectivity index (χ3v) is 10.6. The zero-order valence-electron chi connectivity index (χ0n) is 32.9. The second kappa shape index (κ2) is 20.4. The van der Waals surface area contributed by atoms with E-state index >= 15 is 0 Å². The van der Waals surface area contributed by atoms with Gasteiger partial charge >= 0.3 is 0 Å². The van der Waals surface area contributed by atoms with E-state index in [0.29, 0.717) is 114 Å². The fourth-order valence-electron chi connectivity index (χ4n) is 6.95. The quantitative estimate of drug-likeness (QED) is 0.0808. The fourth-order valence-corrected chi connectivity index (χ4v) is 7.22. The lowest BCUT2D eigenvalue weighted by atomic mass is 10.1. The Kier molecular flexibility index (Phi) is 14.3. The normalized spacial score (nSPS) is 14.2. The molecule has 7 heterocycles. The predicted octanol–water partition coefficient (Wildman–Crippen LogP) is 2.48. The van der Waals surface area contributed by atoms with Gasteiger partial charge in [0, 0.05) is 88.7 Å². The minimum Gasteiger partial charge on any atom is -0.543 e. The highest BCUT2D eigenvalue weighted by Gasteiger charge is 2.22. The number of halogens is 1. The number of carbonyl (C=O) groups excluding carboxylic acids is 4. The molecule has 316 valence electrons. The molecule has 7 rings (SSSR count). The van der Waals surface area contributed by atoms with Crippen LogP contribution in [0, 0.1) is 0 Å². The van der Waals surface area contributed by atoms with Gasteiger partial charge < -0.3 is 43.7 Å². The molecule has 0 atom stereocenters. The monoisotopic (exact) mass is 940 g/mol. The molecule has 0 aliphatic carbocycles. The lowest BCUT2D eigenvalue weighted by Crippen LogP contribution is -2.36. The molecule has 2 N–H and O–H groups in total. The van der Waals surface area contributed by atoms with Gasteiger partial charge in [-0.15, -0.1) is 0 Å². The van der Waals surface area contributed by atoms with Crippen molar-refractivity contribution in [1.82, 2.24) is 40.3 Å². The van der Waals surface area contributed by atoms with E-state index in [2.05, 4.69) is 35.3 Å². The Morgan fingerprint density at radius 2 is 0.918 bits per heavy atom. The molecule has 18 heteroatoms. The molecule has 6 aromatic heterocycles. The molecule has 17 nitrogen and oxygen atoms in total. The number of aromatic nitrogens is 3. The molecule has 0 unspecified atom stereocenters. The second-order valence-electron chi connectivity index (χ2n) is 14.3. The summed E-state index contributed by atoms with van der Waals surface area (Å²) in [5.41, 5.74) is 3.18. The number of aromatic carboxylic acids is 2. The van der Waals surface area contributed by atoms with Gasteiger partial charge in [-0.25, -0.2) is 4.98 Å². The number of nitrogens with zero attached hydrogens (tertiary/aromatic N) is 6. The number of carbonyl (C=O) groups is 4. The van der Waals surface area contributed by atoms with E-state index < -0.39 is 17.8 Å². The number of amides is 2. The van der Waals surface area contributed by atoms with Crippen molar-refractivity contribution in [1.29, 1.82) is 0 Å². The van der Waals surface area contributed by atoms with E-state index in [-0.39, 0.29) is 36.1 Å². The Hall–Kier alpha value is -6.22. The largest absolute Gasteiger partial charge is 0.543 e. The number of alkyl halides is 1. The van der Waals surface area contributed by atoms with Crippen LogP contribution in [-0.2, 0) is 24.4 Å². The highest BCUT2D eigenvalue weighted by molar-refractivity contribution is 14.1. The summed E-state index contributed by atoms with van der Waals surface area (Å²) in [6.07, 6.45) is 4.58. The topological polar surface area (TPSA) is 226 Å². The summed E-state index contributed by atoms with van der Waals surface area (Å²) < 4.78 is 17.2. The van der Waals surface area contributed by atoms with E-state index in [1.165, 1.54) is 24.7 Å². The SMILES string of the molecule is O=C(CI)NCCNC(=O)c1cc(-c2ccco2)cc(CN2CCN(Cc3cc(-c4ccco4)cc(C(=O)[O-])n3)CCN(Cc3cc(-c4ccco4)cc(C(=O)[O-])n3)CC2)n1. The Morgan fingerprint density at radius 1 is 0.557 bits per heavy atom. The average Bonchev–Trinajstić information content (AvgIpc) is 4.10. The Balaban J connectivity index is 1.17. The molecule has 2 amide bonds. The number of furan rings is 3. The van der Waals surface area contributed by atoms with Gasteiger partial charge in [-0.1, -0.05) is 22.6 Å². The predicted molar refractivity (Wildman–Crippen MR) is 225 cm³/mol. The van der Waals surface area contributed by atoms with Crippen molar-refractivity contribution in [3.05, 3.63) is 126 Å². The zero-order chi connectivity index (χ0) is 42.7. The van der Waals surface area contributed by atoms with E-state index in [4.69, 9.17) is 18.2 Å². The standard InChI is InChI=1S/C43H43IN8O9/c44-24-40(53)45-7-8-46-41(54)34-21-28(37-4-1-15-59-37)18-31(47-34)25-50-9-11-51(26-32-19-29(38-5-2-16-60-38)22-35(48-32)42(55)56)13-14-52(12-10-50)27-33-20-30(39-6-3-17-61-39)23-36(49-33)43(57)58/h1-6,15-23H,7-14,24-27H2,(H,45,53)(H,46,54)(H,55,56)(H,57,58)/p-2. The van der Waals surface area contributed by atoms with Gasteiger partial charge in [0.15, 0.2) is 0 Å². The second-order valence-corrected chi connectivity index (χ2v) is 15.0. The highest BCUT2D eigenvalue weighted by atomic mass is 127. The van der Waals surface area contributed by atoms with Crippen LogP contribution in [0.2, 0.25) is 0 Å². The third kappa shape index (κ3) is 11.7. The van der Waals surface area contributed by atoms with Crippen LogP contribution in [0.1, 0.15) is 48.5 Å². The van der Waals surface area contributed by atoms with E-state index in [9.17, 15) is 29.4 Å². The zero-order valence-corrected chi connectivity index (χ0v) is 35.0. The number of rotatable bonds is 16. The lowest BCUT2D eigenvalue weighted by molar-refractivity contribution is -0.256. The average molecular weight is 941 g/mol. The van der Waals surface area contributed by atoms with Gasteiger partial charge in [0.2, 0.25) is 5.91 Å². The van der Waals surface area contributed by atoms with Gasteiger partial charge in [-0.2, -0.15) is 0 Å². The van der Waals surface area contributed by atoms with Crippen molar-refractivity contribution in [2.24, 2.45) is 0 Å². The Morgan fingerprint density at radius 3 is 1.26 bits per heavy atom. The number of pyridine rings is 3. The van der Waals surface area contributed by atoms with Gasteiger partial charge in [-0.3, -0.25) is 34.3 Å². The van der Waals surface area contributed by atoms with Crippen LogP contribution in [0.15, 0.2) is 105 Å². The van der Waals surface area contributed by atoms with Crippen molar-refractivity contribution in [2.75, 3.05) is 56.8 Å². The van der Waals surface area contributed by atoms with Crippen LogP contribution >= 0.6 is 22.6 Å². The molecule has 0 saturated carbocycles. The van der Waals surface area contributed by atoms with Crippen LogP contribution in [0.5, 0.6) is 0 Å². The molecule has 61 heavy (non-hydrogen) atoms. The lowest BCUT2D eigenvalue weighted by Gasteiger charge is -2.26. The van der Waals surface area contributed by atoms with Crippen LogP contribution in [0.3, 0.4) is 0 Å². The maximum absolute atomic E-state index is 13.4. The van der Waals surface area contributed by atoms with E-state index in [0.717, 1.165) is 0 Å². The molecular weight excluding hydrogens is 899 g/mol. The van der Waals surface area contributed by atoms with Crippen LogP contribution in [0.25, 0.3) is 34.0 Å². The summed E-state index contributed by atoms with van der Waals surface area (Å²) in [7, 11) is 0. The van der Waals surface area contributed by atoms with Crippen molar-refractivity contribution in [2.45, 2.75) is 19.6 Å². The van der Waals surface area contributed by atoms with E-state index in [1.54, 1.807) is 60.9 Å². The minimum atomic E-state index is -1.41. The first kappa shape index (κ1) is 42.9. The van der Waals surface area contributed by atoms with E-state index in [1.807, 2.05) is 28.7 Å². The van der Waals surface area contributed by atoms with Crippen molar-refractivity contribution < 1.29 is 42.6 Å². The minimum absolute atomic E-state index is 0.127. The van der Waals surface area contributed by atoms with Gasteiger partial charge in [0.1, 0.15) is 23.0 Å². The molecule has 0 radical (unpaired) electrons. The number of carboxylic acid groups (broad SMARTS) is 2.